The predicted octanol–water partition coefficient (Wildman–Crippen LogP) is 0.762. The molecule has 2 rings (SSSR count). The second kappa shape index (κ2) is 12.7. The fourth-order valence-electron chi connectivity index (χ4n) is 3.46. The molecule has 0 unspecified atom stereocenters. The van der Waals surface area contributed by atoms with Gasteiger partial charge < -0.3 is 24.9 Å². The SMILES string of the molecule is CCNC(=NCCCN1CCCN(C)CC1)N1CCN(C(C)=O)CC1.I. The summed E-state index contributed by atoms with van der Waals surface area (Å²) in [4.78, 5) is 25.5. The molecule has 26 heavy (non-hydrogen) atoms. The molecule has 7 nitrogen and oxygen atoms in total. The Morgan fingerprint density at radius 2 is 1.69 bits per heavy atom. The van der Waals surface area contributed by atoms with Crippen LogP contribution in [0.1, 0.15) is 26.7 Å². The lowest BCUT2D eigenvalue weighted by molar-refractivity contribution is -0.130. The topological polar surface area (TPSA) is 54.4 Å². The Labute approximate surface area is 176 Å². The molecular formula is C18H37IN6O. The lowest BCUT2D eigenvalue weighted by Crippen LogP contribution is -2.53. The second-order valence-corrected chi connectivity index (χ2v) is 7.08. The summed E-state index contributed by atoms with van der Waals surface area (Å²) in [6, 6.07) is 0. The summed E-state index contributed by atoms with van der Waals surface area (Å²) in [5.41, 5.74) is 0. The van der Waals surface area contributed by atoms with E-state index < -0.39 is 0 Å². The quantitative estimate of drug-likeness (QED) is 0.273. The van der Waals surface area contributed by atoms with Crippen LogP contribution in [0.5, 0.6) is 0 Å². The van der Waals surface area contributed by atoms with Gasteiger partial charge in [0.1, 0.15) is 0 Å². The molecule has 2 heterocycles. The van der Waals surface area contributed by atoms with Gasteiger partial charge in [-0.1, -0.05) is 0 Å². The molecule has 1 N–H and O–H groups in total. The first-order valence-corrected chi connectivity index (χ1v) is 9.80. The summed E-state index contributed by atoms with van der Waals surface area (Å²) in [5, 5.41) is 3.40. The monoisotopic (exact) mass is 480 g/mol. The van der Waals surface area contributed by atoms with E-state index in [1.54, 1.807) is 6.92 Å². The van der Waals surface area contributed by atoms with Crippen LogP contribution in [0.2, 0.25) is 0 Å². The maximum absolute atomic E-state index is 11.5. The average Bonchev–Trinajstić information content (AvgIpc) is 2.82. The van der Waals surface area contributed by atoms with Crippen molar-refractivity contribution in [3.05, 3.63) is 0 Å². The van der Waals surface area contributed by atoms with E-state index in [-0.39, 0.29) is 29.9 Å². The van der Waals surface area contributed by atoms with Gasteiger partial charge in [-0.3, -0.25) is 9.79 Å². The molecule has 0 aromatic heterocycles. The molecule has 152 valence electrons. The van der Waals surface area contributed by atoms with Crippen LogP contribution in [-0.2, 0) is 4.79 Å². The van der Waals surface area contributed by atoms with Gasteiger partial charge in [0, 0.05) is 59.3 Å². The zero-order valence-corrected chi connectivity index (χ0v) is 19.1. The summed E-state index contributed by atoms with van der Waals surface area (Å²) < 4.78 is 0. The van der Waals surface area contributed by atoms with Crippen LogP contribution < -0.4 is 5.32 Å². The van der Waals surface area contributed by atoms with Crippen molar-refractivity contribution in [1.29, 1.82) is 0 Å². The molecule has 0 saturated carbocycles. The molecule has 2 fully saturated rings. The number of nitrogens with one attached hydrogen (secondary N) is 1. The third-order valence-corrected chi connectivity index (χ3v) is 5.07. The van der Waals surface area contributed by atoms with E-state index in [0.29, 0.717) is 0 Å². The van der Waals surface area contributed by atoms with E-state index in [1.807, 2.05) is 4.90 Å². The largest absolute Gasteiger partial charge is 0.357 e. The summed E-state index contributed by atoms with van der Waals surface area (Å²) >= 11 is 0. The van der Waals surface area contributed by atoms with E-state index in [0.717, 1.165) is 58.2 Å². The Kier molecular flexibility index (Phi) is 11.5. The van der Waals surface area contributed by atoms with Crippen molar-refractivity contribution in [2.75, 3.05) is 79.0 Å². The smallest absolute Gasteiger partial charge is 0.219 e. The minimum Gasteiger partial charge on any atom is -0.357 e. The molecule has 2 aliphatic rings. The van der Waals surface area contributed by atoms with Crippen molar-refractivity contribution < 1.29 is 4.79 Å². The number of rotatable bonds is 5. The van der Waals surface area contributed by atoms with Gasteiger partial charge in [0.05, 0.1) is 0 Å². The Bertz CT molecular complexity index is 439. The Hall–Kier alpha value is -0.610. The zero-order chi connectivity index (χ0) is 18.1. The van der Waals surface area contributed by atoms with Gasteiger partial charge in [-0.05, 0) is 46.4 Å². The van der Waals surface area contributed by atoms with Gasteiger partial charge in [0.25, 0.3) is 0 Å². The molecule has 2 saturated heterocycles. The highest BCUT2D eigenvalue weighted by Crippen LogP contribution is 2.04. The van der Waals surface area contributed by atoms with Gasteiger partial charge in [-0.25, -0.2) is 0 Å². The lowest BCUT2D eigenvalue weighted by atomic mass is 10.3. The fraction of sp³-hybridized carbons (Fsp3) is 0.889. The molecule has 8 heteroatoms. The van der Waals surface area contributed by atoms with Crippen LogP contribution in [0.4, 0.5) is 0 Å². The highest BCUT2D eigenvalue weighted by Gasteiger charge is 2.20. The fourth-order valence-corrected chi connectivity index (χ4v) is 3.46. The molecule has 0 spiro atoms. The number of halogens is 1. The van der Waals surface area contributed by atoms with Crippen LogP contribution in [0.25, 0.3) is 0 Å². The van der Waals surface area contributed by atoms with Crippen molar-refractivity contribution in [2.24, 2.45) is 4.99 Å². The van der Waals surface area contributed by atoms with Gasteiger partial charge in [0.15, 0.2) is 5.96 Å². The highest BCUT2D eigenvalue weighted by atomic mass is 127. The van der Waals surface area contributed by atoms with Crippen molar-refractivity contribution >= 4 is 35.8 Å². The zero-order valence-electron chi connectivity index (χ0n) is 16.7. The highest BCUT2D eigenvalue weighted by molar-refractivity contribution is 14.0. The first kappa shape index (κ1) is 23.4. The number of nitrogens with zero attached hydrogens (tertiary/aromatic N) is 5. The number of hydrogen-bond acceptors (Lipinski definition) is 4. The molecule has 0 atom stereocenters. The Morgan fingerprint density at radius 1 is 1.00 bits per heavy atom. The number of aliphatic imine (C=N–C) groups is 1. The van der Waals surface area contributed by atoms with E-state index in [9.17, 15) is 4.79 Å². The normalized spacial score (nSPS) is 20.5. The first-order chi connectivity index (χ1) is 12.1. The summed E-state index contributed by atoms with van der Waals surface area (Å²) in [6.07, 6.45) is 2.37. The maximum atomic E-state index is 11.5. The van der Waals surface area contributed by atoms with Crippen molar-refractivity contribution in [2.45, 2.75) is 26.7 Å². The van der Waals surface area contributed by atoms with Crippen molar-refractivity contribution in [3.8, 4) is 0 Å². The second-order valence-electron chi connectivity index (χ2n) is 7.08. The number of likely N-dealkylation sites (N-methyl/N-ethyl adjacent to an activating group) is 1. The van der Waals surface area contributed by atoms with E-state index in [4.69, 9.17) is 4.99 Å². The third-order valence-electron chi connectivity index (χ3n) is 5.07. The van der Waals surface area contributed by atoms with Gasteiger partial charge in [-0.15, -0.1) is 24.0 Å². The first-order valence-electron chi connectivity index (χ1n) is 9.80. The van der Waals surface area contributed by atoms with Gasteiger partial charge in [-0.2, -0.15) is 0 Å². The maximum Gasteiger partial charge on any atom is 0.219 e. The molecular weight excluding hydrogens is 443 g/mol. The number of guanidine groups is 1. The molecule has 1 amide bonds. The molecule has 0 radical (unpaired) electrons. The van der Waals surface area contributed by atoms with Crippen LogP contribution in [0, 0.1) is 0 Å². The van der Waals surface area contributed by atoms with Gasteiger partial charge >= 0.3 is 0 Å². The molecule has 0 aromatic rings. The molecule has 0 aliphatic carbocycles. The summed E-state index contributed by atoms with van der Waals surface area (Å²) in [6.45, 7) is 14.7. The molecule has 0 aromatic carbocycles. The lowest BCUT2D eigenvalue weighted by Gasteiger charge is -2.36. The van der Waals surface area contributed by atoms with Gasteiger partial charge in [0.2, 0.25) is 5.91 Å². The number of amides is 1. The predicted molar refractivity (Wildman–Crippen MR) is 118 cm³/mol. The number of hydrogen-bond donors (Lipinski definition) is 1. The van der Waals surface area contributed by atoms with Crippen LogP contribution >= 0.6 is 24.0 Å². The Balaban J connectivity index is 0.00000338. The number of carbonyl (C=O) groups is 1. The van der Waals surface area contributed by atoms with E-state index in [1.165, 1.54) is 32.6 Å². The minimum atomic E-state index is 0. The van der Waals surface area contributed by atoms with Crippen molar-refractivity contribution in [1.82, 2.24) is 24.9 Å². The molecule has 2 aliphatic heterocycles. The van der Waals surface area contributed by atoms with Crippen molar-refractivity contribution in [3.63, 3.8) is 0 Å². The molecule has 0 bridgehead atoms. The standard InChI is InChI=1S/C18H36N6O.HI/c1-4-19-18(24-15-13-23(14-16-24)17(2)25)20-7-5-9-22-10-6-8-21(3)11-12-22;/h4-16H2,1-3H3,(H,19,20);1H. The van der Waals surface area contributed by atoms with E-state index >= 15 is 0 Å². The number of carbonyl (C=O) groups excluding carboxylic acids is 1. The minimum absolute atomic E-state index is 0. The van der Waals surface area contributed by atoms with E-state index in [2.05, 4.69) is 34.0 Å². The van der Waals surface area contributed by atoms with Crippen LogP contribution in [0.3, 0.4) is 0 Å². The third kappa shape index (κ3) is 7.96. The Morgan fingerprint density at radius 3 is 2.35 bits per heavy atom. The van der Waals surface area contributed by atoms with Crippen LogP contribution in [-0.4, -0.2) is 111 Å². The average molecular weight is 480 g/mol. The summed E-state index contributed by atoms with van der Waals surface area (Å²) in [7, 11) is 2.21. The number of piperazine rings is 1. The summed E-state index contributed by atoms with van der Waals surface area (Å²) in [5.74, 6) is 1.17. The van der Waals surface area contributed by atoms with Crippen LogP contribution in [0.15, 0.2) is 4.99 Å².